The van der Waals surface area contributed by atoms with Crippen LogP contribution in [0.5, 0.6) is 0 Å². The summed E-state index contributed by atoms with van der Waals surface area (Å²) in [5.41, 5.74) is -0.424. The lowest BCUT2D eigenvalue weighted by molar-refractivity contribution is 0.216. The SMILES string of the molecule is COCCS(=O)(=O)NC1(CCl)CCCCC1. The summed E-state index contributed by atoms with van der Waals surface area (Å²) in [7, 11) is -1.78. The molecular formula is C10H20ClNO3S. The molecule has 1 aliphatic carbocycles. The summed E-state index contributed by atoms with van der Waals surface area (Å²) in [5, 5.41) is 0. The van der Waals surface area contributed by atoms with Gasteiger partial charge in [0.1, 0.15) is 0 Å². The predicted molar refractivity (Wildman–Crippen MR) is 65.3 cm³/mol. The zero-order valence-corrected chi connectivity index (χ0v) is 11.2. The Kier molecular flexibility index (Phi) is 5.50. The van der Waals surface area contributed by atoms with Crippen molar-refractivity contribution in [3.8, 4) is 0 Å². The molecule has 6 heteroatoms. The smallest absolute Gasteiger partial charge is 0.214 e. The third-order valence-electron chi connectivity index (χ3n) is 2.99. The molecule has 0 unspecified atom stereocenters. The molecule has 0 aromatic carbocycles. The molecule has 0 radical (unpaired) electrons. The first-order valence-electron chi connectivity index (χ1n) is 5.60. The van der Waals surface area contributed by atoms with E-state index in [1.807, 2.05) is 0 Å². The lowest BCUT2D eigenvalue weighted by Gasteiger charge is -2.35. The van der Waals surface area contributed by atoms with Crippen LogP contribution in [0.25, 0.3) is 0 Å². The molecule has 1 fully saturated rings. The van der Waals surface area contributed by atoms with Gasteiger partial charge in [-0.1, -0.05) is 19.3 Å². The van der Waals surface area contributed by atoms with E-state index in [1.165, 1.54) is 13.5 Å². The van der Waals surface area contributed by atoms with Crippen molar-refractivity contribution in [1.82, 2.24) is 4.72 Å². The van der Waals surface area contributed by atoms with Gasteiger partial charge >= 0.3 is 0 Å². The van der Waals surface area contributed by atoms with Gasteiger partial charge in [-0.25, -0.2) is 13.1 Å². The number of hydrogen-bond donors (Lipinski definition) is 1. The Morgan fingerprint density at radius 2 is 1.94 bits per heavy atom. The highest BCUT2D eigenvalue weighted by atomic mass is 35.5. The average molecular weight is 270 g/mol. The number of hydrogen-bond acceptors (Lipinski definition) is 3. The molecule has 1 aliphatic rings. The van der Waals surface area contributed by atoms with E-state index >= 15 is 0 Å². The van der Waals surface area contributed by atoms with Crippen LogP contribution in [0.4, 0.5) is 0 Å². The summed E-state index contributed by atoms with van der Waals surface area (Å²) in [6.07, 6.45) is 4.92. The van der Waals surface area contributed by atoms with Crippen LogP contribution in [0.1, 0.15) is 32.1 Å². The molecule has 0 spiro atoms. The fraction of sp³-hybridized carbons (Fsp3) is 1.00. The van der Waals surface area contributed by atoms with Crippen LogP contribution >= 0.6 is 11.6 Å². The van der Waals surface area contributed by atoms with E-state index in [9.17, 15) is 8.42 Å². The summed E-state index contributed by atoms with van der Waals surface area (Å²) in [6.45, 7) is 0.216. The largest absolute Gasteiger partial charge is 0.384 e. The summed E-state index contributed by atoms with van der Waals surface area (Å²) in [6, 6.07) is 0. The van der Waals surface area contributed by atoms with Gasteiger partial charge in [-0.3, -0.25) is 0 Å². The molecule has 0 bridgehead atoms. The van der Waals surface area contributed by atoms with Crippen molar-refractivity contribution in [2.45, 2.75) is 37.6 Å². The second-order valence-electron chi connectivity index (χ2n) is 4.39. The van der Waals surface area contributed by atoms with E-state index in [4.69, 9.17) is 16.3 Å². The van der Waals surface area contributed by atoms with Gasteiger partial charge in [0.2, 0.25) is 10.0 Å². The Balaban J connectivity index is 2.61. The molecule has 0 saturated heterocycles. The van der Waals surface area contributed by atoms with E-state index in [1.54, 1.807) is 0 Å². The number of nitrogens with one attached hydrogen (secondary N) is 1. The van der Waals surface area contributed by atoms with Gasteiger partial charge in [0, 0.05) is 18.5 Å². The molecular weight excluding hydrogens is 250 g/mol. The fourth-order valence-corrected chi connectivity index (χ4v) is 3.90. The summed E-state index contributed by atoms with van der Waals surface area (Å²) in [4.78, 5) is 0. The first-order chi connectivity index (χ1) is 7.54. The van der Waals surface area contributed by atoms with Crippen LogP contribution in [0.2, 0.25) is 0 Å². The molecule has 0 aromatic rings. The standard InChI is InChI=1S/C10H20ClNO3S/c1-15-7-8-16(13,14)12-10(9-11)5-3-2-4-6-10/h12H,2-9H2,1H3. The van der Waals surface area contributed by atoms with Gasteiger partial charge in [-0.2, -0.15) is 0 Å². The summed E-state index contributed by atoms with van der Waals surface area (Å²) >= 11 is 5.92. The van der Waals surface area contributed by atoms with Crippen LogP contribution in [0, 0.1) is 0 Å². The summed E-state index contributed by atoms with van der Waals surface area (Å²) < 4.78 is 31.1. The third kappa shape index (κ3) is 4.20. The number of halogens is 1. The maximum atomic E-state index is 11.8. The Labute approximate surface area is 103 Å². The number of sulfonamides is 1. The second-order valence-corrected chi connectivity index (χ2v) is 6.50. The minimum absolute atomic E-state index is 0.00212. The molecule has 16 heavy (non-hydrogen) atoms. The molecule has 0 aliphatic heterocycles. The topological polar surface area (TPSA) is 55.4 Å². The molecule has 1 saturated carbocycles. The van der Waals surface area contributed by atoms with Gasteiger partial charge in [0.25, 0.3) is 0 Å². The first kappa shape index (κ1) is 14.2. The lowest BCUT2D eigenvalue weighted by atomic mass is 9.84. The molecule has 4 nitrogen and oxygen atoms in total. The Morgan fingerprint density at radius 3 is 2.44 bits per heavy atom. The van der Waals surface area contributed by atoms with Crippen LogP contribution in [0.15, 0.2) is 0 Å². The second kappa shape index (κ2) is 6.19. The Hall–Kier alpha value is 0.160. The van der Waals surface area contributed by atoms with Crippen molar-refractivity contribution in [2.24, 2.45) is 0 Å². The van der Waals surface area contributed by atoms with Crippen molar-refractivity contribution in [1.29, 1.82) is 0 Å². The first-order valence-corrected chi connectivity index (χ1v) is 7.79. The van der Waals surface area contributed by atoms with Crippen molar-refractivity contribution in [3.05, 3.63) is 0 Å². The van der Waals surface area contributed by atoms with E-state index in [-0.39, 0.29) is 12.4 Å². The van der Waals surface area contributed by atoms with E-state index in [0.717, 1.165) is 25.7 Å². The van der Waals surface area contributed by atoms with Gasteiger partial charge in [0.15, 0.2) is 0 Å². The highest BCUT2D eigenvalue weighted by molar-refractivity contribution is 7.89. The van der Waals surface area contributed by atoms with Gasteiger partial charge in [0.05, 0.1) is 12.4 Å². The van der Waals surface area contributed by atoms with Crippen molar-refractivity contribution in [2.75, 3.05) is 25.3 Å². The monoisotopic (exact) mass is 269 g/mol. The van der Waals surface area contributed by atoms with E-state index < -0.39 is 15.6 Å². The Morgan fingerprint density at radius 1 is 1.31 bits per heavy atom. The van der Waals surface area contributed by atoms with Crippen LogP contribution < -0.4 is 4.72 Å². The molecule has 0 atom stereocenters. The maximum absolute atomic E-state index is 11.8. The van der Waals surface area contributed by atoms with Gasteiger partial charge in [-0.15, -0.1) is 11.6 Å². The molecule has 0 aromatic heterocycles. The molecule has 1 rings (SSSR count). The normalized spacial score (nSPS) is 20.9. The quantitative estimate of drug-likeness (QED) is 0.744. The highest BCUT2D eigenvalue weighted by Crippen LogP contribution is 2.29. The highest BCUT2D eigenvalue weighted by Gasteiger charge is 2.34. The number of alkyl halides is 1. The van der Waals surface area contributed by atoms with Crippen LogP contribution in [-0.2, 0) is 14.8 Å². The molecule has 1 N–H and O–H groups in total. The minimum Gasteiger partial charge on any atom is -0.384 e. The summed E-state index contributed by atoms with van der Waals surface area (Å²) in [5.74, 6) is 0.349. The number of methoxy groups -OCH3 is 1. The van der Waals surface area contributed by atoms with E-state index in [2.05, 4.69) is 4.72 Å². The maximum Gasteiger partial charge on any atom is 0.214 e. The zero-order valence-electron chi connectivity index (χ0n) is 9.67. The predicted octanol–water partition coefficient (Wildman–Crippen LogP) is 1.49. The molecule has 96 valence electrons. The average Bonchev–Trinajstić information content (AvgIpc) is 2.27. The van der Waals surface area contributed by atoms with E-state index in [0.29, 0.717) is 5.88 Å². The lowest BCUT2D eigenvalue weighted by Crippen LogP contribution is -2.52. The van der Waals surface area contributed by atoms with Crippen molar-refractivity contribution < 1.29 is 13.2 Å². The van der Waals surface area contributed by atoms with Crippen molar-refractivity contribution >= 4 is 21.6 Å². The molecule has 0 heterocycles. The minimum atomic E-state index is -3.27. The van der Waals surface area contributed by atoms with Crippen LogP contribution in [0.3, 0.4) is 0 Å². The van der Waals surface area contributed by atoms with Gasteiger partial charge < -0.3 is 4.74 Å². The zero-order chi connectivity index (χ0) is 12.1. The number of ether oxygens (including phenoxy) is 1. The van der Waals surface area contributed by atoms with Gasteiger partial charge in [-0.05, 0) is 12.8 Å². The number of rotatable bonds is 6. The third-order valence-corrected chi connectivity index (χ3v) is 4.95. The fourth-order valence-electron chi connectivity index (χ4n) is 2.07. The molecule has 0 amide bonds. The van der Waals surface area contributed by atoms with Crippen LogP contribution in [-0.4, -0.2) is 39.3 Å². The van der Waals surface area contributed by atoms with Crippen molar-refractivity contribution in [3.63, 3.8) is 0 Å². The Bertz CT molecular complexity index is 299.